The Morgan fingerprint density at radius 2 is 2.31 bits per heavy atom. The van der Waals surface area contributed by atoms with Gasteiger partial charge in [0.25, 0.3) is 5.91 Å². The summed E-state index contributed by atoms with van der Waals surface area (Å²) in [4.78, 5) is 11.3. The summed E-state index contributed by atoms with van der Waals surface area (Å²) in [6.07, 6.45) is 3.50. The molecule has 1 aromatic heterocycles. The molecular formula is C11H19N3O2. The molecule has 0 spiro atoms. The molecular weight excluding hydrogens is 206 g/mol. The molecule has 1 amide bonds. The van der Waals surface area contributed by atoms with Crippen LogP contribution >= 0.6 is 0 Å². The van der Waals surface area contributed by atoms with E-state index in [1.54, 1.807) is 6.20 Å². The maximum Gasteiger partial charge on any atom is 0.251 e. The van der Waals surface area contributed by atoms with Gasteiger partial charge in [-0.1, -0.05) is 0 Å². The third-order valence-electron chi connectivity index (χ3n) is 2.40. The smallest absolute Gasteiger partial charge is 0.251 e. The molecule has 0 aliphatic carbocycles. The lowest BCUT2D eigenvalue weighted by molar-refractivity contribution is -0.136. The maximum atomic E-state index is 11.3. The molecule has 0 unspecified atom stereocenters. The van der Waals surface area contributed by atoms with E-state index in [-0.39, 0.29) is 5.91 Å². The van der Waals surface area contributed by atoms with Gasteiger partial charge in [-0.2, -0.15) is 5.10 Å². The molecule has 5 nitrogen and oxygen atoms in total. The number of carbonyl (C=O) groups is 1. The van der Waals surface area contributed by atoms with Crippen LogP contribution in [0.1, 0.15) is 31.5 Å². The molecule has 90 valence electrons. The Balaban J connectivity index is 2.23. The number of aryl methyl sites for hydroxylation is 2. The summed E-state index contributed by atoms with van der Waals surface area (Å²) in [5.41, 5.74) is 0.928. The number of nitrogens with zero attached hydrogens (tertiary/aromatic N) is 1. The third kappa shape index (κ3) is 3.66. The third-order valence-corrected chi connectivity index (χ3v) is 2.40. The quantitative estimate of drug-likeness (QED) is 0.640. The number of hydrogen-bond acceptors (Lipinski definition) is 3. The Labute approximate surface area is 95.3 Å². The fraction of sp³-hybridized carbons (Fsp3) is 0.636. The highest BCUT2D eigenvalue weighted by Crippen LogP contribution is 2.05. The molecule has 1 rings (SSSR count). The molecule has 3 N–H and O–H groups in total. The fourth-order valence-corrected chi connectivity index (χ4v) is 1.32. The summed E-state index contributed by atoms with van der Waals surface area (Å²) in [5, 5.41) is 18.9. The van der Waals surface area contributed by atoms with Crippen LogP contribution in [0, 0.1) is 6.92 Å². The van der Waals surface area contributed by atoms with Crippen LogP contribution in [-0.2, 0) is 11.2 Å². The lowest BCUT2D eigenvalue weighted by Crippen LogP contribution is -2.42. The topological polar surface area (TPSA) is 78.0 Å². The number of aliphatic hydroxyl groups is 1. The minimum atomic E-state index is -1.30. The molecule has 1 aromatic rings. The van der Waals surface area contributed by atoms with Gasteiger partial charge in [-0.05, 0) is 39.2 Å². The van der Waals surface area contributed by atoms with Crippen molar-refractivity contribution in [2.45, 2.75) is 39.2 Å². The minimum Gasteiger partial charge on any atom is -0.381 e. The van der Waals surface area contributed by atoms with Crippen molar-refractivity contribution in [3.8, 4) is 0 Å². The molecule has 0 atom stereocenters. The Morgan fingerprint density at radius 1 is 1.62 bits per heavy atom. The van der Waals surface area contributed by atoms with Crippen molar-refractivity contribution in [3.05, 3.63) is 17.5 Å². The Hall–Kier alpha value is -1.36. The van der Waals surface area contributed by atoms with Crippen molar-refractivity contribution in [2.75, 3.05) is 6.54 Å². The van der Waals surface area contributed by atoms with Gasteiger partial charge < -0.3 is 10.4 Å². The second-order valence-corrected chi connectivity index (χ2v) is 4.44. The van der Waals surface area contributed by atoms with Gasteiger partial charge in [0, 0.05) is 12.2 Å². The van der Waals surface area contributed by atoms with Crippen LogP contribution in [0.3, 0.4) is 0 Å². The average Bonchev–Trinajstić information content (AvgIpc) is 2.57. The number of aromatic nitrogens is 2. The van der Waals surface area contributed by atoms with Crippen molar-refractivity contribution < 1.29 is 9.90 Å². The minimum absolute atomic E-state index is 0.337. The Bertz CT molecular complexity index is 352. The summed E-state index contributed by atoms with van der Waals surface area (Å²) < 4.78 is 0. The highest BCUT2D eigenvalue weighted by Gasteiger charge is 2.22. The second-order valence-electron chi connectivity index (χ2n) is 4.44. The molecule has 0 aliphatic heterocycles. The van der Waals surface area contributed by atoms with E-state index in [9.17, 15) is 9.90 Å². The standard InChI is InChI=1S/C11H19N3O2/c1-8-9(7-13-14-8)5-4-6-12-10(15)11(2,3)16/h7,16H,4-6H2,1-3H3,(H,12,15)(H,13,14). The van der Waals surface area contributed by atoms with Crippen molar-refractivity contribution >= 4 is 5.91 Å². The van der Waals surface area contributed by atoms with E-state index >= 15 is 0 Å². The molecule has 0 bridgehead atoms. The fourth-order valence-electron chi connectivity index (χ4n) is 1.32. The molecule has 0 saturated heterocycles. The summed E-state index contributed by atoms with van der Waals surface area (Å²) in [6, 6.07) is 0. The number of amides is 1. The first-order chi connectivity index (χ1) is 7.41. The lowest BCUT2D eigenvalue weighted by atomic mass is 10.1. The van der Waals surface area contributed by atoms with E-state index in [1.165, 1.54) is 13.8 Å². The van der Waals surface area contributed by atoms with Crippen LogP contribution in [-0.4, -0.2) is 33.4 Å². The predicted octanol–water partition coefficient (Wildman–Crippen LogP) is 0.538. The van der Waals surface area contributed by atoms with Crippen molar-refractivity contribution in [1.82, 2.24) is 15.5 Å². The normalized spacial score (nSPS) is 11.5. The zero-order valence-electron chi connectivity index (χ0n) is 10.0. The highest BCUT2D eigenvalue weighted by molar-refractivity contribution is 5.83. The van der Waals surface area contributed by atoms with Crippen molar-refractivity contribution in [1.29, 1.82) is 0 Å². The van der Waals surface area contributed by atoms with Crippen LogP contribution in [0.15, 0.2) is 6.20 Å². The summed E-state index contributed by atoms with van der Waals surface area (Å²) in [7, 11) is 0. The summed E-state index contributed by atoms with van der Waals surface area (Å²) in [6.45, 7) is 5.48. The van der Waals surface area contributed by atoms with E-state index in [0.29, 0.717) is 6.54 Å². The Morgan fingerprint density at radius 3 is 2.81 bits per heavy atom. The maximum absolute atomic E-state index is 11.3. The van der Waals surface area contributed by atoms with Gasteiger partial charge in [-0.25, -0.2) is 0 Å². The number of hydrogen-bond donors (Lipinski definition) is 3. The Kier molecular flexibility index (Phi) is 4.06. The molecule has 0 radical (unpaired) electrons. The molecule has 0 aliphatic rings. The van der Waals surface area contributed by atoms with Gasteiger partial charge >= 0.3 is 0 Å². The molecule has 5 heteroatoms. The van der Waals surface area contributed by atoms with Gasteiger partial charge in [0.05, 0.1) is 6.20 Å². The lowest BCUT2D eigenvalue weighted by Gasteiger charge is -2.16. The second kappa shape index (κ2) is 5.12. The molecule has 1 heterocycles. The van der Waals surface area contributed by atoms with Crippen LogP contribution in [0.4, 0.5) is 0 Å². The predicted molar refractivity (Wildman–Crippen MR) is 61.0 cm³/mol. The number of nitrogens with one attached hydrogen (secondary N) is 2. The highest BCUT2D eigenvalue weighted by atomic mass is 16.3. The number of rotatable bonds is 5. The zero-order valence-corrected chi connectivity index (χ0v) is 10.0. The van der Waals surface area contributed by atoms with Crippen LogP contribution in [0.5, 0.6) is 0 Å². The van der Waals surface area contributed by atoms with Crippen LogP contribution in [0.25, 0.3) is 0 Å². The average molecular weight is 225 g/mol. The zero-order chi connectivity index (χ0) is 12.2. The van der Waals surface area contributed by atoms with E-state index in [1.807, 2.05) is 6.92 Å². The van der Waals surface area contributed by atoms with Gasteiger partial charge in [0.2, 0.25) is 0 Å². The van der Waals surface area contributed by atoms with Gasteiger partial charge in [-0.15, -0.1) is 0 Å². The number of carbonyl (C=O) groups excluding carboxylic acids is 1. The monoisotopic (exact) mass is 225 g/mol. The van der Waals surface area contributed by atoms with Crippen LogP contribution < -0.4 is 5.32 Å². The first-order valence-electron chi connectivity index (χ1n) is 5.41. The van der Waals surface area contributed by atoms with Crippen LogP contribution in [0.2, 0.25) is 0 Å². The van der Waals surface area contributed by atoms with Crippen molar-refractivity contribution in [2.24, 2.45) is 0 Å². The number of H-pyrrole nitrogens is 1. The molecule has 0 aromatic carbocycles. The summed E-state index contributed by atoms with van der Waals surface area (Å²) >= 11 is 0. The largest absolute Gasteiger partial charge is 0.381 e. The van der Waals surface area contributed by atoms with Gasteiger partial charge in [-0.3, -0.25) is 9.89 Å². The van der Waals surface area contributed by atoms with E-state index < -0.39 is 5.60 Å². The van der Waals surface area contributed by atoms with E-state index in [0.717, 1.165) is 24.1 Å². The van der Waals surface area contributed by atoms with E-state index in [2.05, 4.69) is 15.5 Å². The van der Waals surface area contributed by atoms with Crippen molar-refractivity contribution in [3.63, 3.8) is 0 Å². The molecule has 0 saturated carbocycles. The van der Waals surface area contributed by atoms with Gasteiger partial charge in [0.15, 0.2) is 0 Å². The number of aromatic amines is 1. The van der Waals surface area contributed by atoms with Gasteiger partial charge in [0.1, 0.15) is 5.60 Å². The first-order valence-corrected chi connectivity index (χ1v) is 5.41. The molecule has 16 heavy (non-hydrogen) atoms. The summed E-state index contributed by atoms with van der Waals surface area (Å²) in [5.74, 6) is -0.337. The molecule has 0 fully saturated rings. The van der Waals surface area contributed by atoms with E-state index in [4.69, 9.17) is 0 Å². The SMILES string of the molecule is Cc1[nH]ncc1CCCNC(=O)C(C)(C)O. The first kappa shape index (κ1) is 12.7.